The molecule has 1 saturated heterocycles. The number of amides is 1. The first-order chi connectivity index (χ1) is 36.7. The van der Waals surface area contributed by atoms with E-state index in [1.165, 1.54) is 231 Å². The Balaban J connectivity index is 2.18. The number of rotatable bonds is 57. The molecule has 1 aliphatic rings. The molecule has 446 valence electrons. The van der Waals surface area contributed by atoms with Gasteiger partial charge in [0.15, 0.2) is 6.29 Å². The Kier molecular flexibility index (Phi) is 51.3. The zero-order chi connectivity index (χ0) is 54.7. The van der Waals surface area contributed by atoms with Crippen molar-refractivity contribution < 1.29 is 50.0 Å². The van der Waals surface area contributed by atoms with E-state index in [0.717, 1.165) is 51.4 Å². The first-order valence-electron chi connectivity index (χ1n) is 32.6. The number of carbonyl (C=O) groups excluding carboxylic acids is 1. The Hall–Kier alpha value is -1.15. The molecule has 0 spiro atoms. The largest absolute Gasteiger partial charge is 0.394 e. The summed E-state index contributed by atoms with van der Waals surface area (Å²) in [5.74, 6) is -0.697. The summed E-state index contributed by atoms with van der Waals surface area (Å²) in [4.78, 5) is 13.2. The van der Waals surface area contributed by atoms with E-state index >= 15 is 0 Å². The zero-order valence-corrected chi connectivity index (χ0v) is 49.1. The second-order valence-corrected chi connectivity index (χ2v) is 23.2. The van der Waals surface area contributed by atoms with Gasteiger partial charge in [-0.15, -0.1) is 0 Å². The van der Waals surface area contributed by atoms with Gasteiger partial charge in [0.05, 0.1) is 25.4 Å². The smallest absolute Gasteiger partial charge is 0.249 e. The Bertz CT molecular complexity index is 1220. The number of hydrogen-bond donors (Lipinski definition) is 8. The van der Waals surface area contributed by atoms with Crippen LogP contribution in [0.1, 0.15) is 322 Å². The van der Waals surface area contributed by atoms with Crippen LogP contribution in [0.5, 0.6) is 0 Å². The third-order valence-electron chi connectivity index (χ3n) is 16.1. The van der Waals surface area contributed by atoms with Gasteiger partial charge in [0.25, 0.3) is 0 Å². The van der Waals surface area contributed by atoms with Crippen molar-refractivity contribution in [1.82, 2.24) is 5.32 Å². The monoisotopic (exact) mass is 1070 g/mol. The minimum Gasteiger partial charge on any atom is -0.394 e. The van der Waals surface area contributed by atoms with Crippen LogP contribution >= 0.6 is 0 Å². The number of hydrogen-bond acceptors (Lipinski definition) is 10. The highest BCUT2D eigenvalue weighted by Gasteiger charge is 2.44. The maximum absolute atomic E-state index is 13.2. The predicted molar refractivity (Wildman–Crippen MR) is 312 cm³/mol. The van der Waals surface area contributed by atoms with E-state index in [4.69, 9.17) is 9.47 Å². The number of ether oxygens (including phenoxy) is 2. The van der Waals surface area contributed by atoms with E-state index in [1.807, 2.05) is 0 Å². The van der Waals surface area contributed by atoms with Crippen LogP contribution in [0.2, 0.25) is 0 Å². The summed E-state index contributed by atoms with van der Waals surface area (Å²) in [6.45, 7) is 3.49. The van der Waals surface area contributed by atoms with Crippen molar-refractivity contribution in [3.8, 4) is 0 Å². The van der Waals surface area contributed by atoms with E-state index in [-0.39, 0.29) is 6.42 Å². The summed E-state index contributed by atoms with van der Waals surface area (Å²) in [5, 5.41) is 76.3. The summed E-state index contributed by atoms with van der Waals surface area (Å²) < 4.78 is 11.2. The molecular formula is C64H125NO10. The normalized spacial score (nSPS) is 19.7. The topological polar surface area (TPSA) is 189 Å². The van der Waals surface area contributed by atoms with Crippen molar-refractivity contribution in [2.24, 2.45) is 0 Å². The Morgan fingerprint density at radius 1 is 0.453 bits per heavy atom. The van der Waals surface area contributed by atoms with Crippen LogP contribution in [-0.2, 0) is 14.3 Å². The second kappa shape index (κ2) is 53.5. The Morgan fingerprint density at radius 3 is 1.12 bits per heavy atom. The average Bonchev–Trinajstić information content (AvgIpc) is 3.41. The predicted octanol–water partition coefficient (Wildman–Crippen LogP) is 14.7. The molecule has 1 heterocycles. The molecule has 9 unspecified atom stereocenters. The summed E-state index contributed by atoms with van der Waals surface area (Å²) in [6.07, 6.45) is 52.9. The third kappa shape index (κ3) is 41.5. The molecule has 0 aromatic rings. The molecule has 1 rings (SSSR count). The molecule has 0 bridgehead atoms. The van der Waals surface area contributed by atoms with Gasteiger partial charge >= 0.3 is 0 Å². The maximum Gasteiger partial charge on any atom is 0.249 e. The van der Waals surface area contributed by atoms with E-state index in [0.29, 0.717) is 19.3 Å². The fraction of sp³-hybridized carbons (Fsp3) is 0.953. The molecule has 1 aliphatic heterocycles. The van der Waals surface area contributed by atoms with Gasteiger partial charge in [-0.25, -0.2) is 0 Å². The molecule has 0 aromatic heterocycles. The summed E-state index contributed by atoms with van der Waals surface area (Å²) in [5.41, 5.74) is 0. The number of allylic oxidation sites excluding steroid dienone is 2. The fourth-order valence-corrected chi connectivity index (χ4v) is 10.8. The van der Waals surface area contributed by atoms with Gasteiger partial charge in [-0.3, -0.25) is 4.79 Å². The summed E-state index contributed by atoms with van der Waals surface area (Å²) >= 11 is 0. The second-order valence-electron chi connectivity index (χ2n) is 23.2. The third-order valence-corrected chi connectivity index (χ3v) is 16.1. The maximum atomic E-state index is 13.2. The average molecular weight is 1070 g/mol. The van der Waals surface area contributed by atoms with Crippen molar-refractivity contribution in [2.45, 2.75) is 377 Å². The first kappa shape index (κ1) is 71.9. The lowest BCUT2D eigenvalue weighted by atomic mass is 9.98. The van der Waals surface area contributed by atoms with Crippen LogP contribution in [0.15, 0.2) is 12.2 Å². The highest BCUT2D eigenvalue weighted by molar-refractivity contribution is 5.80. The summed E-state index contributed by atoms with van der Waals surface area (Å²) in [7, 11) is 0. The van der Waals surface area contributed by atoms with Crippen molar-refractivity contribution >= 4 is 5.91 Å². The van der Waals surface area contributed by atoms with Crippen molar-refractivity contribution in [1.29, 1.82) is 0 Å². The highest BCUT2D eigenvalue weighted by Crippen LogP contribution is 2.24. The molecule has 0 saturated carbocycles. The van der Waals surface area contributed by atoms with Crippen LogP contribution in [0.3, 0.4) is 0 Å². The van der Waals surface area contributed by atoms with E-state index < -0.39 is 74.2 Å². The van der Waals surface area contributed by atoms with Crippen LogP contribution in [-0.4, -0.2) is 110 Å². The quantitative estimate of drug-likeness (QED) is 0.0215. The molecule has 0 aliphatic carbocycles. The van der Waals surface area contributed by atoms with Gasteiger partial charge in [-0.1, -0.05) is 296 Å². The SMILES string of the molecule is CCCCCCCC/C=C\CCCCCCCCC(O)C(=O)NC(COC1OC(CO)C(O)C(O)C1O)C(O)C(O)CCCCCCCCCCCCCCCCCCCCCCCCCCCCCCCCCC. The minimum atomic E-state index is -1.66. The number of aliphatic hydroxyl groups is 7. The van der Waals surface area contributed by atoms with Gasteiger partial charge in [-0.05, 0) is 38.5 Å². The molecule has 11 heteroatoms. The van der Waals surface area contributed by atoms with Crippen LogP contribution in [0.25, 0.3) is 0 Å². The number of unbranched alkanes of at least 4 members (excludes halogenated alkanes) is 43. The van der Waals surface area contributed by atoms with Gasteiger partial charge in [0.1, 0.15) is 36.6 Å². The lowest BCUT2D eigenvalue weighted by molar-refractivity contribution is -0.303. The van der Waals surface area contributed by atoms with Crippen LogP contribution in [0, 0.1) is 0 Å². The van der Waals surface area contributed by atoms with Gasteiger partial charge in [-0.2, -0.15) is 0 Å². The summed E-state index contributed by atoms with van der Waals surface area (Å²) in [6, 6.07) is -1.17. The Morgan fingerprint density at radius 2 is 0.773 bits per heavy atom. The Labute approximate surface area is 462 Å². The van der Waals surface area contributed by atoms with E-state index in [1.54, 1.807) is 0 Å². The molecule has 9 atom stereocenters. The highest BCUT2D eigenvalue weighted by atomic mass is 16.7. The zero-order valence-electron chi connectivity index (χ0n) is 49.1. The van der Waals surface area contributed by atoms with Crippen LogP contribution < -0.4 is 5.32 Å². The fourth-order valence-electron chi connectivity index (χ4n) is 10.8. The molecular weight excluding hydrogens is 943 g/mol. The van der Waals surface area contributed by atoms with E-state index in [9.17, 15) is 40.5 Å². The standard InChI is InChI=1S/C64H125NO10/c1-3-5-7-9-11-13-15-17-19-21-22-23-24-25-26-27-28-29-30-31-32-33-34-35-36-38-39-41-43-45-47-49-51-56(67)59(69)55(54-74-64-62(72)61(71)60(70)58(53-66)75-64)65-63(73)57(68)52-50-48-46-44-42-40-37-20-18-16-14-12-10-8-6-4-2/h18,20,55-62,64,66-72H,3-17,19,21-54H2,1-2H3,(H,65,73)/b20-18-. The molecule has 0 aromatic carbocycles. The number of carbonyl (C=O) groups is 1. The van der Waals surface area contributed by atoms with Crippen molar-refractivity contribution in [2.75, 3.05) is 13.2 Å². The lowest BCUT2D eigenvalue weighted by Crippen LogP contribution is -2.60. The molecule has 0 radical (unpaired) electrons. The molecule has 1 fully saturated rings. The molecule has 1 amide bonds. The molecule has 8 N–H and O–H groups in total. The molecule has 75 heavy (non-hydrogen) atoms. The number of aliphatic hydroxyl groups excluding tert-OH is 7. The minimum absolute atomic E-state index is 0.256. The van der Waals surface area contributed by atoms with Crippen molar-refractivity contribution in [3.05, 3.63) is 12.2 Å². The van der Waals surface area contributed by atoms with Crippen LogP contribution in [0.4, 0.5) is 0 Å². The lowest BCUT2D eigenvalue weighted by Gasteiger charge is -2.40. The van der Waals surface area contributed by atoms with Gasteiger partial charge in [0.2, 0.25) is 5.91 Å². The van der Waals surface area contributed by atoms with Gasteiger partial charge < -0.3 is 50.5 Å². The van der Waals surface area contributed by atoms with Crippen molar-refractivity contribution in [3.63, 3.8) is 0 Å². The van der Waals surface area contributed by atoms with E-state index in [2.05, 4.69) is 31.3 Å². The molecule has 11 nitrogen and oxygen atoms in total. The number of nitrogens with one attached hydrogen (secondary N) is 1. The van der Waals surface area contributed by atoms with Gasteiger partial charge in [0, 0.05) is 0 Å². The first-order valence-corrected chi connectivity index (χ1v) is 32.6.